The van der Waals surface area contributed by atoms with E-state index < -0.39 is 19.8 Å². The second-order valence-corrected chi connectivity index (χ2v) is 22.1. The standard InChI is InChI=1S/3C4H9.Sn/c3*1-4(2)3;/h3*1-3H3;/q;;;+1. The van der Waals surface area contributed by atoms with Crippen molar-refractivity contribution in [3.63, 3.8) is 0 Å². The third-order valence-corrected chi connectivity index (χ3v) is 15.1. The van der Waals surface area contributed by atoms with Crippen molar-refractivity contribution in [2.45, 2.75) is 72.6 Å². The molecule has 0 aromatic carbocycles. The van der Waals surface area contributed by atoms with E-state index in [-0.39, 0.29) is 0 Å². The van der Waals surface area contributed by atoms with Gasteiger partial charge in [-0.15, -0.1) is 0 Å². The van der Waals surface area contributed by atoms with Crippen molar-refractivity contribution in [2.75, 3.05) is 0 Å². The first-order chi connectivity index (χ1) is 5.37. The topological polar surface area (TPSA) is 0 Å². The minimum atomic E-state index is -1.43. The molecule has 0 spiro atoms. The maximum absolute atomic E-state index is 2.44. The molecule has 0 unspecified atom stereocenters. The van der Waals surface area contributed by atoms with Crippen molar-refractivity contribution in [3.8, 4) is 0 Å². The van der Waals surface area contributed by atoms with Crippen LogP contribution in [0.4, 0.5) is 0 Å². The van der Waals surface area contributed by atoms with E-state index in [0.29, 0.717) is 10.3 Å². The summed E-state index contributed by atoms with van der Waals surface area (Å²) in [5.74, 6) is 0. The molecular formula is C12H27Sn+. The van der Waals surface area contributed by atoms with Crippen LogP contribution in [0.5, 0.6) is 0 Å². The molecule has 0 aliphatic heterocycles. The molecule has 0 bridgehead atoms. The molecule has 0 heterocycles. The molecule has 0 aromatic rings. The molecule has 0 aliphatic rings. The van der Waals surface area contributed by atoms with E-state index in [1.165, 1.54) is 0 Å². The van der Waals surface area contributed by atoms with Gasteiger partial charge in [0.05, 0.1) is 0 Å². The average molecular weight is 290 g/mol. The van der Waals surface area contributed by atoms with Crippen LogP contribution in [-0.2, 0) is 0 Å². The van der Waals surface area contributed by atoms with E-state index in [4.69, 9.17) is 0 Å². The molecule has 78 valence electrons. The first kappa shape index (κ1) is 13.8. The Morgan fingerprint density at radius 1 is 0.462 bits per heavy atom. The summed E-state index contributed by atoms with van der Waals surface area (Å²) in [5.41, 5.74) is 0. The zero-order chi connectivity index (χ0) is 11.1. The molecule has 0 rings (SSSR count). The van der Waals surface area contributed by atoms with E-state index in [9.17, 15) is 0 Å². The molecule has 0 amide bonds. The first-order valence-corrected chi connectivity index (χ1v) is 9.53. The van der Waals surface area contributed by atoms with Crippen LogP contribution >= 0.6 is 0 Å². The van der Waals surface area contributed by atoms with Gasteiger partial charge in [0, 0.05) is 0 Å². The summed E-state index contributed by atoms with van der Waals surface area (Å²) in [5, 5.41) is 0. The molecule has 0 radical (unpaired) electrons. The van der Waals surface area contributed by atoms with Crippen LogP contribution in [-0.4, -0.2) is 19.8 Å². The Hall–Kier alpha value is 0.799. The Morgan fingerprint density at radius 2 is 0.615 bits per heavy atom. The Kier molecular flexibility index (Phi) is 3.98. The van der Waals surface area contributed by atoms with Gasteiger partial charge in [-0.1, -0.05) is 0 Å². The molecule has 0 fully saturated rings. The molecule has 0 nitrogen and oxygen atoms in total. The van der Waals surface area contributed by atoms with Gasteiger partial charge in [0.2, 0.25) is 0 Å². The van der Waals surface area contributed by atoms with Gasteiger partial charge in [-0.3, -0.25) is 0 Å². The predicted octanol–water partition coefficient (Wildman–Crippen LogP) is 4.88. The molecular weight excluding hydrogens is 263 g/mol. The van der Waals surface area contributed by atoms with E-state index >= 15 is 0 Å². The fraction of sp³-hybridized carbons (Fsp3) is 1.00. The first-order valence-electron chi connectivity index (χ1n) is 5.25. The van der Waals surface area contributed by atoms with Gasteiger partial charge in [0.15, 0.2) is 0 Å². The van der Waals surface area contributed by atoms with Gasteiger partial charge in [-0.05, 0) is 0 Å². The Balaban J connectivity index is 5.02. The van der Waals surface area contributed by atoms with Crippen LogP contribution in [0.15, 0.2) is 0 Å². The summed E-state index contributed by atoms with van der Waals surface area (Å²) >= 11 is -1.43. The van der Waals surface area contributed by atoms with E-state index in [0.717, 1.165) is 0 Å². The molecule has 0 N–H and O–H groups in total. The van der Waals surface area contributed by atoms with Gasteiger partial charge >= 0.3 is 92.4 Å². The predicted molar refractivity (Wildman–Crippen MR) is 64.9 cm³/mol. The molecule has 1 heteroatoms. The summed E-state index contributed by atoms with van der Waals surface area (Å²) < 4.78 is 1.75. The van der Waals surface area contributed by atoms with E-state index in [2.05, 4.69) is 62.3 Å². The Bertz CT molecular complexity index is 128. The summed E-state index contributed by atoms with van der Waals surface area (Å²) in [4.78, 5) is 0. The van der Waals surface area contributed by atoms with E-state index in [1.807, 2.05) is 0 Å². The molecule has 0 atom stereocenters. The molecule has 13 heavy (non-hydrogen) atoms. The molecule has 0 saturated heterocycles. The van der Waals surface area contributed by atoms with Crippen LogP contribution < -0.4 is 0 Å². The monoisotopic (exact) mass is 291 g/mol. The SMILES string of the molecule is C[C](C)(C)[Sn+]([C](C)(C)C)[C](C)(C)C. The van der Waals surface area contributed by atoms with Gasteiger partial charge in [-0.25, -0.2) is 0 Å². The minimum absolute atomic E-state index is 0.582. The fourth-order valence-corrected chi connectivity index (χ4v) is 22.6. The van der Waals surface area contributed by atoms with Crippen LogP contribution in [0, 0.1) is 0 Å². The van der Waals surface area contributed by atoms with Crippen molar-refractivity contribution in [1.29, 1.82) is 0 Å². The van der Waals surface area contributed by atoms with Crippen molar-refractivity contribution in [2.24, 2.45) is 0 Å². The second-order valence-electron chi connectivity index (χ2n) is 7.12. The zero-order valence-electron chi connectivity index (χ0n) is 11.0. The summed E-state index contributed by atoms with van der Waals surface area (Å²) in [6.07, 6.45) is 0. The van der Waals surface area contributed by atoms with Gasteiger partial charge < -0.3 is 0 Å². The Labute approximate surface area is 92.2 Å². The third kappa shape index (κ3) is 4.22. The number of hydrogen-bond donors (Lipinski definition) is 0. The van der Waals surface area contributed by atoms with Crippen LogP contribution in [0.25, 0.3) is 0 Å². The fourth-order valence-electron chi connectivity index (χ4n) is 3.38. The summed E-state index contributed by atoms with van der Waals surface area (Å²) in [6, 6.07) is 0. The van der Waals surface area contributed by atoms with Gasteiger partial charge in [-0.2, -0.15) is 0 Å². The van der Waals surface area contributed by atoms with Gasteiger partial charge in [0.25, 0.3) is 0 Å². The summed E-state index contributed by atoms with van der Waals surface area (Å²) in [7, 11) is 0. The van der Waals surface area contributed by atoms with Crippen LogP contribution in [0.3, 0.4) is 0 Å². The van der Waals surface area contributed by atoms with Crippen molar-refractivity contribution in [1.82, 2.24) is 0 Å². The average Bonchev–Trinajstić information content (AvgIpc) is 1.44. The van der Waals surface area contributed by atoms with E-state index in [1.54, 1.807) is 0 Å². The van der Waals surface area contributed by atoms with Gasteiger partial charge in [0.1, 0.15) is 0 Å². The molecule has 0 aromatic heterocycles. The van der Waals surface area contributed by atoms with Crippen LogP contribution in [0.2, 0.25) is 10.3 Å². The summed E-state index contributed by atoms with van der Waals surface area (Å²) in [6.45, 7) is 22.0. The normalized spacial score (nSPS) is 14.5. The van der Waals surface area contributed by atoms with Crippen molar-refractivity contribution < 1.29 is 0 Å². The van der Waals surface area contributed by atoms with Crippen LogP contribution in [0.1, 0.15) is 62.3 Å². The maximum atomic E-state index is 2.44. The molecule has 0 saturated carbocycles. The second kappa shape index (κ2) is 3.75. The zero-order valence-corrected chi connectivity index (χ0v) is 13.9. The van der Waals surface area contributed by atoms with Crippen molar-refractivity contribution >= 4 is 19.8 Å². The number of hydrogen-bond acceptors (Lipinski definition) is 0. The third-order valence-electron chi connectivity index (χ3n) is 2.25. The number of rotatable bonds is 0. The quantitative estimate of drug-likeness (QED) is 0.558. The van der Waals surface area contributed by atoms with Crippen molar-refractivity contribution in [3.05, 3.63) is 0 Å². The molecule has 0 aliphatic carbocycles. The Morgan fingerprint density at radius 3 is 0.615 bits per heavy atom.